The molecule has 0 saturated heterocycles. The van der Waals surface area contributed by atoms with E-state index in [4.69, 9.17) is 9.47 Å². The summed E-state index contributed by atoms with van der Waals surface area (Å²) in [5.74, 6) is 1.10. The molecular formula is C36H36O3. The number of esters is 1. The highest BCUT2D eigenvalue weighted by Gasteiger charge is 2.29. The van der Waals surface area contributed by atoms with Crippen LogP contribution in [0.1, 0.15) is 43.0 Å². The van der Waals surface area contributed by atoms with Crippen LogP contribution in [0.3, 0.4) is 0 Å². The van der Waals surface area contributed by atoms with E-state index in [1.807, 2.05) is 60.7 Å². The van der Waals surface area contributed by atoms with Crippen molar-refractivity contribution in [3.63, 3.8) is 0 Å². The third-order valence-corrected chi connectivity index (χ3v) is 7.12. The molecule has 4 aromatic rings. The van der Waals surface area contributed by atoms with Crippen LogP contribution in [-0.4, -0.2) is 13.1 Å². The molecule has 0 atom stereocenters. The molecule has 198 valence electrons. The second kappa shape index (κ2) is 12.0. The second-order valence-corrected chi connectivity index (χ2v) is 10.2. The van der Waals surface area contributed by atoms with Gasteiger partial charge in [-0.2, -0.15) is 0 Å². The van der Waals surface area contributed by atoms with Crippen LogP contribution in [0.2, 0.25) is 0 Å². The van der Waals surface area contributed by atoms with Crippen LogP contribution < -0.4 is 9.47 Å². The first-order valence-corrected chi connectivity index (χ1v) is 13.2. The van der Waals surface area contributed by atoms with E-state index in [2.05, 4.69) is 63.4 Å². The van der Waals surface area contributed by atoms with Gasteiger partial charge in [-0.15, -0.1) is 13.2 Å². The Bertz CT molecular complexity index is 1480. The molecule has 0 saturated carbocycles. The highest BCUT2D eigenvalue weighted by atomic mass is 16.5. The van der Waals surface area contributed by atoms with Crippen molar-refractivity contribution in [1.82, 2.24) is 0 Å². The summed E-state index contributed by atoms with van der Waals surface area (Å²) < 4.78 is 11.7. The molecule has 0 aliphatic rings. The smallest absolute Gasteiger partial charge is 0.308 e. The summed E-state index contributed by atoms with van der Waals surface area (Å²) in [5, 5.41) is 0. The summed E-state index contributed by atoms with van der Waals surface area (Å²) in [6.45, 7) is 13.8. The maximum Gasteiger partial charge on any atom is 0.308 e. The van der Waals surface area contributed by atoms with Gasteiger partial charge in [0, 0.05) is 23.5 Å². The number of ether oxygens (including phenoxy) is 2. The molecule has 39 heavy (non-hydrogen) atoms. The SMILES string of the molecule is C=CCc1cc(C(C)(C)c2cc(CC=C)c(OC(C)=O)c(-c3ccccc3)c2)cc(-c2ccccc2)c1OC. The highest BCUT2D eigenvalue weighted by molar-refractivity contribution is 5.80. The van der Waals surface area contributed by atoms with E-state index in [0.717, 1.165) is 50.3 Å². The van der Waals surface area contributed by atoms with Crippen molar-refractivity contribution in [3.05, 3.63) is 132 Å². The number of carbonyl (C=O) groups excluding carboxylic acids is 1. The van der Waals surface area contributed by atoms with Gasteiger partial charge in [-0.25, -0.2) is 0 Å². The topological polar surface area (TPSA) is 35.5 Å². The summed E-state index contributed by atoms with van der Waals surface area (Å²) in [5.41, 5.74) is 7.91. The van der Waals surface area contributed by atoms with Gasteiger partial charge in [-0.1, -0.05) is 98.8 Å². The predicted molar refractivity (Wildman–Crippen MR) is 162 cm³/mol. The minimum Gasteiger partial charge on any atom is -0.496 e. The molecule has 0 fully saturated rings. The lowest BCUT2D eigenvalue weighted by Gasteiger charge is -2.30. The maximum atomic E-state index is 12.1. The molecule has 0 aromatic heterocycles. The van der Waals surface area contributed by atoms with Crippen molar-refractivity contribution in [1.29, 1.82) is 0 Å². The lowest BCUT2D eigenvalue weighted by atomic mass is 9.74. The Labute approximate surface area is 232 Å². The van der Waals surface area contributed by atoms with Gasteiger partial charge in [-0.3, -0.25) is 4.79 Å². The zero-order valence-corrected chi connectivity index (χ0v) is 23.3. The fraction of sp³-hybridized carbons (Fsp3) is 0.194. The van der Waals surface area contributed by atoms with E-state index in [0.29, 0.717) is 18.6 Å². The Morgan fingerprint density at radius 1 is 0.744 bits per heavy atom. The number of allylic oxidation sites excluding steroid dienone is 2. The van der Waals surface area contributed by atoms with Gasteiger partial charge < -0.3 is 9.47 Å². The van der Waals surface area contributed by atoms with Gasteiger partial charge in [0.2, 0.25) is 0 Å². The van der Waals surface area contributed by atoms with Crippen LogP contribution in [0.15, 0.2) is 110 Å². The van der Waals surface area contributed by atoms with E-state index in [1.165, 1.54) is 6.92 Å². The molecule has 0 amide bonds. The number of rotatable bonds is 10. The van der Waals surface area contributed by atoms with Crippen LogP contribution in [0, 0.1) is 0 Å². The van der Waals surface area contributed by atoms with Crippen molar-refractivity contribution in [2.75, 3.05) is 7.11 Å². The van der Waals surface area contributed by atoms with E-state index in [9.17, 15) is 4.79 Å². The number of hydrogen-bond acceptors (Lipinski definition) is 3. The van der Waals surface area contributed by atoms with E-state index < -0.39 is 0 Å². The molecule has 0 bridgehead atoms. The summed E-state index contributed by atoms with van der Waals surface area (Å²) in [6, 6.07) is 29.1. The minimum absolute atomic E-state index is 0.346. The fourth-order valence-electron chi connectivity index (χ4n) is 5.05. The van der Waals surface area contributed by atoms with Crippen molar-refractivity contribution in [3.8, 4) is 33.8 Å². The molecule has 0 unspecified atom stereocenters. The lowest BCUT2D eigenvalue weighted by molar-refractivity contribution is -0.131. The van der Waals surface area contributed by atoms with Crippen LogP contribution >= 0.6 is 0 Å². The Hall–Kier alpha value is -4.37. The summed E-state index contributed by atoms with van der Waals surface area (Å²) >= 11 is 0. The molecule has 0 aliphatic heterocycles. The Morgan fingerprint density at radius 2 is 1.18 bits per heavy atom. The molecule has 0 N–H and O–H groups in total. The quantitative estimate of drug-likeness (QED) is 0.120. The third-order valence-electron chi connectivity index (χ3n) is 7.12. The van der Waals surface area contributed by atoms with Crippen molar-refractivity contribution in [2.45, 2.75) is 39.0 Å². The Kier molecular flexibility index (Phi) is 8.51. The summed E-state index contributed by atoms with van der Waals surface area (Å²) in [4.78, 5) is 12.1. The van der Waals surface area contributed by atoms with Gasteiger partial charge in [0.05, 0.1) is 7.11 Å². The van der Waals surface area contributed by atoms with Crippen LogP contribution in [0.25, 0.3) is 22.3 Å². The first-order valence-electron chi connectivity index (χ1n) is 13.2. The summed E-state index contributed by atoms with van der Waals surface area (Å²) in [6.07, 6.45) is 5.02. The number of methoxy groups -OCH3 is 1. The molecule has 4 rings (SSSR count). The Balaban J connectivity index is 1.99. The maximum absolute atomic E-state index is 12.1. The minimum atomic E-state index is -0.389. The molecular weight excluding hydrogens is 480 g/mol. The molecule has 0 radical (unpaired) electrons. The van der Waals surface area contributed by atoms with Crippen molar-refractivity contribution in [2.24, 2.45) is 0 Å². The van der Waals surface area contributed by atoms with Crippen molar-refractivity contribution >= 4 is 5.97 Å². The van der Waals surface area contributed by atoms with Crippen LogP contribution in [-0.2, 0) is 23.1 Å². The molecule has 3 heteroatoms. The number of carbonyl (C=O) groups is 1. The zero-order chi connectivity index (χ0) is 28.0. The second-order valence-electron chi connectivity index (χ2n) is 10.2. The first-order chi connectivity index (χ1) is 18.8. The molecule has 0 spiro atoms. The monoisotopic (exact) mass is 516 g/mol. The highest BCUT2D eigenvalue weighted by Crippen LogP contribution is 2.44. The van der Waals surface area contributed by atoms with E-state index >= 15 is 0 Å². The fourth-order valence-corrected chi connectivity index (χ4v) is 5.05. The molecule has 4 aromatic carbocycles. The van der Waals surface area contributed by atoms with Crippen LogP contribution in [0.5, 0.6) is 11.5 Å². The third kappa shape index (κ3) is 5.88. The van der Waals surface area contributed by atoms with Crippen molar-refractivity contribution < 1.29 is 14.3 Å². The van der Waals surface area contributed by atoms with Gasteiger partial charge in [0.25, 0.3) is 0 Å². The van der Waals surface area contributed by atoms with Gasteiger partial charge in [0.15, 0.2) is 0 Å². The normalized spacial score (nSPS) is 11.1. The van der Waals surface area contributed by atoms with E-state index in [-0.39, 0.29) is 11.4 Å². The predicted octanol–water partition coefficient (Wildman–Crippen LogP) is 8.74. The molecule has 3 nitrogen and oxygen atoms in total. The van der Waals surface area contributed by atoms with Gasteiger partial charge >= 0.3 is 5.97 Å². The zero-order valence-electron chi connectivity index (χ0n) is 23.3. The Morgan fingerprint density at radius 3 is 1.59 bits per heavy atom. The number of benzene rings is 4. The van der Waals surface area contributed by atoms with Crippen LogP contribution in [0.4, 0.5) is 0 Å². The average Bonchev–Trinajstić information content (AvgIpc) is 2.94. The molecule has 0 aliphatic carbocycles. The standard InChI is InChI=1S/C36H36O3/c1-7-15-28-21-30(23-32(34(28)38-6)26-17-11-9-12-18-26)36(4,5)31-22-29(16-8-2)35(39-25(3)37)33(24-31)27-19-13-10-14-20-27/h7-14,17-24H,1-2,15-16H2,3-6H3. The van der Waals surface area contributed by atoms with E-state index in [1.54, 1.807) is 7.11 Å². The first kappa shape index (κ1) is 27.7. The van der Waals surface area contributed by atoms with Gasteiger partial charge in [-0.05, 0) is 58.4 Å². The lowest BCUT2D eigenvalue weighted by Crippen LogP contribution is -2.21. The molecule has 0 heterocycles. The largest absolute Gasteiger partial charge is 0.496 e. The average molecular weight is 517 g/mol. The summed E-state index contributed by atoms with van der Waals surface area (Å²) in [7, 11) is 1.72. The van der Waals surface area contributed by atoms with Gasteiger partial charge in [0.1, 0.15) is 11.5 Å². The number of hydrogen-bond donors (Lipinski definition) is 0.